The Morgan fingerprint density at radius 1 is 1.29 bits per heavy atom. The van der Waals surface area contributed by atoms with Crippen LogP contribution in [-0.4, -0.2) is 41.3 Å². The van der Waals surface area contributed by atoms with E-state index in [1.54, 1.807) is 17.8 Å². The number of nitrogens with zero attached hydrogens (tertiary/aromatic N) is 3. The van der Waals surface area contributed by atoms with E-state index in [4.69, 9.17) is 0 Å². The van der Waals surface area contributed by atoms with Gasteiger partial charge in [-0.3, -0.25) is 0 Å². The van der Waals surface area contributed by atoms with Crippen LogP contribution in [-0.2, 0) is 0 Å². The maximum absolute atomic E-state index is 13.2. The molecule has 0 N–H and O–H groups in total. The molecule has 2 rings (SSSR count). The molecule has 0 aliphatic rings. The molecule has 0 fully saturated rings. The SMILES string of the molecule is CN(C)CCSc1ncnc2ccc(F)cc12. The third-order valence-corrected chi connectivity index (χ3v) is 3.32. The third-order valence-electron chi connectivity index (χ3n) is 2.34. The van der Waals surface area contributed by atoms with E-state index in [-0.39, 0.29) is 5.82 Å². The van der Waals surface area contributed by atoms with Crippen LogP contribution in [0.4, 0.5) is 4.39 Å². The number of thioether (sulfide) groups is 1. The van der Waals surface area contributed by atoms with Gasteiger partial charge in [-0.2, -0.15) is 0 Å². The Kier molecular flexibility index (Phi) is 3.91. The van der Waals surface area contributed by atoms with E-state index in [1.165, 1.54) is 18.5 Å². The predicted octanol–water partition coefficient (Wildman–Crippen LogP) is 2.42. The smallest absolute Gasteiger partial charge is 0.124 e. The molecule has 2 aromatic rings. The largest absolute Gasteiger partial charge is 0.309 e. The first kappa shape index (κ1) is 12.3. The second-order valence-electron chi connectivity index (χ2n) is 3.99. The summed E-state index contributed by atoms with van der Waals surface area (Å²) in [6.07, 6.45) is 1.53. The Morgan fingerprint density at radius 2 is 2.12 bits per heavy atom. The van der Waals surface area contributed by atoms with Crippen molar-refractivity contribution in [2.75, 3.05) is 26.4 Å². The predicted molar refractivity (Wildman–Crippen MR) is 68.8 cm³/mol. The highest BCUT2D eigenvalue weighted by molar-refractivity contribution is 7.99. The van der Waals surface area contributed by atoms with Crippen molar-refractivity contribution in [1.82, 2.24) is 14.9 Å². The van der Waals surface area contributed by atoms with E-state index in [9.17, 15) is 4.39 Å². The first-order valence-corrected chi connectivity index (χ1v) is 6.33. The Hall–Kier alpha value is -1.20. The van der Waals surface area contributed by atoms with E-state index in [0.717, 1.165) is 28.2 Å². The Morgan fingerprint density at radius 3 is 2.88 bits per heavy atom. The van der Waals surface area contributed by atoms with Crippen molar-refractivity contribution in [2.24, 2.45) is 0 Å². The quantitative estimate of drug-likeness (QED) is 0.616. The van der Waals surface area contributed by atoms with Crippen molar-refractivity contribution in [3.63, 3.8) is 0 Å². The summed E-state index contributed by atoms with van der Waals surface area (Å²) >= 11 is 1.63. The highest BCUT2D eigenvalue weighted by Gasteiger charge is 2.05. The monoisotopic (exact) mass is 251 g/mol. The maximum atomic E-state index is 13.2. The van der Waals surface area contributed by atoms with Gasteiger partial charge in [-0.25, -0.2) is 14.4 Å². The number of hydrogen-bond acceptors (Lipinski definition) is 4. The molecule has 0 aliphatic heterocycles. The van der Waals surface area contributed by atoms with Crippen LogP contribution in [0.5, 0.6) is 0 Å². The van der Waals surface area contributed by atoms with Gasteiger partial charge in [-0.05, 0) is 32.3 Å². The summed E-state index contributed by atoms with van der Waals surface area (Å²) in [5, 5.41) is 1.63. The molecule has 1 heterocycles. The lowest BCUT2D eigenvalue weighted by Gasteiger charge is -2.09. The minimum Gasteiger partial charge on any atom is -0.309 e. The molecule has 0 amide bonds. The summed E-state index contributed by atoms with van der Waals surface area (Å²) in [5.74, 6) is 0.678. The minimum absolute atomic E-state index is 0.248. The number of halogens is 1. The van der Waals surface area contributed by atoms with Gasteiger partial charge in [0, 0.05) is 17.7 Å². The van der Waals surface area contributed by atoms with Gasteiger partial charge in [0.15, 0.2) is 0 Å². The van der Waals surface area contributed by atoms with Crippen molar-refractivity contribution >= 4 is 22.7 Å². The Labute approximate surface area is 104 Å². The normalized spacial score (nSPS) is 11.3. The second kappa shape index (κ2) is 5.42. The van der Waals surface area contributed by atoms with Crippen molar-refractivity contribution in [3.05, 3.63) is 30.3 Å². The molecule has 17 heavy (non-hydrogen) atoms. The molecular weight excluding hydrogens is 237 g/mol. The Bertz CT molecular complexity index is 516. The lowest BCUT2D eigenvalue weighted by atomic mass is 10.2. The van der Waals surface area contributed by atoms with E-state index in [1.807, 2.05) is 14.1 Å². The molecule has 0 radical (unpaired) electrons. The molecule has 0 spiro atoms. The third kappa shape index (κ3) is 3.14. The topological polar surface area (TPSA) is 29.0 Å². The van der Waals surface area contributed by atoms with Crippen LogP contribution in [0.15, 0.2) is 29.6 Å². The molecule has 1 aromatic heterocycles. The number of hydrogen-bond donors (Lipinski definition) is 0. The summed E-state index contributed by atoms with van der Waals surface area (Å²) in [6.45, 7) is 0.964. The molecule has 0 atom stereocenters. The number of rotatable bonds is 4. The first-order valence-electron chi connectivity index (χ1n) is 5.34. The molecule has 90 valence electrons. The number of fused-ring (bicyclic) bond motifs is 1. The van der Waals surface area contributed by atoms with Crippen molar-refractivity contribution in [3.8, 4) is 0 Å². The summed E-state index contributed by atoms with van der Waals surface area (Å²) in [5.41, 5.74) is 0.786. The summed E-state index contributed by atoms with van der Waals surface area (Å²) in [7, 11) is 4.05. The van der Waals surface area contributed by atoms with Crippen LogP contribution >= 0.6 is 11.8 Å². The van der Waals surface area contributed by atoms with E-state index in [2.05, 4.69) is 14.9 Å². The molecule has 0 saturated carbocycles. The van der Waals surface area contributed by atoms with Crippen LogP contribution in [0.1, 0.15) is 0 Å². The van der Waals surface area contributed by atoms with E-state index in [0.29, 0.717) is 0 Å². The van der Waals surface area contributed by atoms with Gasteiger partial charge in [0.05, 0.1) is 5.52 Å². The zero-order chi connectivity index (χ0) is 12.3. The lowest BCUT2D eigenvalue weighted by Crippen LogP contribution is -2.14. The van der Waals surface area contributed by atoms with E-state index < -0.39 is 0 Å². The Balaban J connectivity index is 2.24. The van der Waals surface area contributed by atoms with Gasteiger partial charge in [0.2, 0.25) is 0 Å². The fourth-order valence-corrected chi connectivity index (χ4v) is 2.54. The summed E-state index contributed by atoms with van der Waals surface area (Å²) in [6, 6.07) is 4.60. The van der Waals surface area contributed by atoms with Gasteiger partial charge in [-0.1, -0.05) is 0 Å². The highest BCUT2D eigenvalue weighted by Crippen LogP contribution is 2.24. The van der Waals surface area contributed by atoms with Crippen LogP contribution in [0, 0.1) is 5.82 Å². The first-order chi connectivity index (χ1) is 8.16. The van der Waals surface area contributed by atoms with E-state index >= 15 is 0 Å². The van der Waals surface area contributed by atoms with Crippen LogP contribution in [0.25, 0.3) is 10.9 Å². The average molecular weight is 251 g/mol. The maximum Gasteiger partial charge on any atom is 0.124 e. The summed E-state index contributed by atoms with van der Waals surface area (Å²) in [4.78, 5) is 10.4. The van der Waals surface area contributed by atoms with Crippen LogP contribution < -0.4 is 0 Å². The van der Waals surface area contributed by atoms with Crippen LogP contribution in [0.2, 0.25) is 0 Å². The lowest BCUT2D eigenvalue weighted by molar-refractivity contribution is 0.437. The molecule has 0 saturated heterocycles. The van der Waals surface area contributed by atoms with Crippen molar-refractivity contribution in [1.29, 1.82) is 0 Å². The van der Waals surface area contributed by atoms with Gasteiger partial charge in [0.1, 0.15) is 17.2 Å². The number of aromatic nitrogens is 2. The zero-order valence-electron chi connectivity index (χ0n) is 9.85. The minimum atomic E-state index is -0.248. The van der Waals surface area contributed by atoms with Crippen molar-refractivity contribution < 1.29 is 4.39 Å². The van der Waals surface area contributed by atoms with Crippen molar-refractivity contribution in [2.45, 2.75) is 5.03 Å². The highest BCUT2D eigenvalue weighted by atomic mass is 32.2. The number of benzene rings is 1. The fraction of sp³-hybridized carbons (Fsp3) is 0.333. The van der Waals surface area contributed by atoms with Crippen LogP contribution in [0.3, 0.4) is 0 Å². The molecular formula is C12H14FN3S. The molecule has 0 aliphatic carbocycles. The molecule has 1 aromatic carbocycles. The second-order valence-corrected chi connectivity index (χ2v) is 5.08. The van der Waals surface area contributed by atoms with Gasteiger partial charge < -0.3 is 4.90 Å². The molecule has 5 heteroatoms. The molecule has 0 bridgehead atoms. The average Bonchev–Trinajstić information content (AvgIpc) is 2.29. The summed E-state index contributed by atoms with van der Waals surface area (Å²) < 4.78 is 13.2. The molecule has 0 unspecified atom stereocenters. The molecule has 3 nitrogen and oxygen atoms in total. The van der Waals surface area contributed by atoms with Gasteiger partial charge in [-0.15, -0.1) is 11.8 Å². The zero-order valence-corrected chi connectivity index (χ0v) is 10.7. The fourth-order valence-electron chi connectivity index (χ4n) is 1.45. The van der Waals surface area contributed by atoms with Gasteiger partial charge >= 0.3 is 0 Å². The standard InChI is InChI=1S/C12H14FN3S/c1-16(2)5-6-17-12-10-7-9(13)3-4-11(10)14-8-15-12/h3-4,7-8H,5-6H2,1-2H3. The van der Waals surface area contributed by atoms with Gasteiger partial charge in [0.25, 0.3) is 0 Å².